The topological polar surface area (TPSA) is 26.3 Å². The summed E-state index contributed by atoms with van der Waals surface area (Å²) in [6.07, 6.45) is 14.7. The van der Waals surface area contributed by atoms with Crippen LogP contribution in [0.1, 0.15) is 81.5 Å². The number of quaternary nitrogens is 1. The Bertz CT molecular complexity index is 491. The molecule has 0 bridgehead atoms. The Kier molecular flexibility index (Phi) is 15.6. The first-order chi connectivity index (χ1) is 12.6. The Labute approximate surface area is 177 Å². The highest BCUT2D eigenvalue weighted by molar-refractivity contribution is 5.79. The molecule has 0 aliphatic rings. The van der Waals surface area contributed by atoms with Gasteiger partial charge in [-0.1, -0.05) is 70.4 Å². The van der Waals surface area contributed by atoms with Crippen molar-refractivity contribution in [3.05, 3.63) is 29.8 Å². The van der Waals surface area contributed by atoms with Gasteiger partial charge in [-0.15, -0.1) is 0 Å². The summed E-state index contributed by atoms with van der Waals surface area (Å²) in [6.45, 7) is 5.08. The van der Waals surface area contributed by atoms with Gasteiger partial charge < -0.3 is 26.2 Å². The number of nitrogens with zero attached hydrogens (tertiary/aromatic N) is 1. The predicted molar refractivity (Wildman–Crippen MR) is 111 cm³/mol. The quantitative estimate of drug-likeness (QED) is 0.224. The van der Waals surface area contributed by atoms with Crippen LogP contribution in [0.3, 0.4) is 0 Å². The zero-order valence-electron chi connectivity index (χ0n) is 17.7. The van der Waals surface area contributed by atoms with E-state index in [-0.39, 0.29) is 17.0 Å². The Morgan fingerprint density at radius 1 is 0.852 bits per heavy atom. The Morgan fingerprint density at radius 2 is 1.41 bits per heavy atom. The number of ether oxygens (including phenoxy) is 1. The van der Waals surface area contributed by atoms with E-state index in [1.807, 2.05) is 18.2 Å². The maximum atomic E-state index is 11.0. The minimum absolute atomic E-state index is 0. The smallest absolute Gasteiger partial charge is 0.153 e. The van der Waals surface area contributed by atoms with E-state index in [1.165, 1.54) is 70.8 Å². The lowest BCUT2D eigenvalue weighted by Gasteiger charge is -2.29. The van der Waals surface area contributed by atoms with Crippen LogP contribution >= 0.6 is 0 Å². The zero-order chi connectivity index (χ0) is 19.1. The molecule has 0 saturated carbocycles. The minimum Gasteiger partial charge on any atom is -1.00 e. The molecule has 1 aromatic carbocycles. The highest BCUT2D eigenvalue weighted by Gasteiger charge is 2.14. The lowest BCUT2D eigenvalue weighted by atomic mass is 10.1. The van der Waals surface area contributed by atoms with Gasteiger partial charge in [0.15, 0.2) is 6.29 Å². The van der Waals surface area contributed by atoms with Gasteiger partial charge in [-0.3, -0.25) is 4.79 Å². The van der Waals surface area contributed by atoms with Crippen molar-refractivity contribution in [2.75, 3.05) is 33.8 Å². The molecular weight excluding hydrogens is 402 g/mol. The maximum Gasteiger partial charge on any atom is 0.153 e. The number of likely N-dealkylation sites (N-methyl/N-ethyl adjacent to an activating group) is 1. The standard InChI is InChI=1S/C23H40NO2.BrH/c1-4-5-6-7-8-9-10-11-12-15-18-24(2,3)19-20-26-23-17-14-13-16-22(23)21-25;/h13-14,16-17,21H,4-12,15,18-20H2,1-3H3;1H/q+1;/p-1. The lowest BCUT2D eigenvalue weighted by Crippen LogP contribution is -3.00. The summed E-state index contributed by atoms with van der Waals surface area (Å²) in [4.78, 5) is 11.0. The van der Waals surface area contributed by atoms with Crippen LogP contribution in [0.2, 0.25) is 0 Å². The van der Waals surface area contributed by atoms with Crippen LogP contribution in [0.25, 0.3) is 0 Å². The van der Waals surface area contributed by atoms with Gasteiger partial charge >= 0.3 is 0 Å². The number of unbranched alkanes of at least 4 members (excludes halogenated alkanes) is 9. The van der Waals surface area contributed by atoms with Crippen LogP contribution in [0.4, 0.5) is 0 Å². The van der Waals surface area contributed by atoms with E-state index >= 15 is 0 Å². The Morgan fingerprint density at radius 3 is 2.00 bits per heavy atom. The first kappa shape index (κ1) is 26.1. The zero-order valence-corrected chi connectivity index (χ0v) is 19.3. The molecule has 0 spiro atoms. The van der Waals surface area contributed by atoms with Crippen molar-refractivity contribution in [2.45, 2.75) is 71.1 Å². The molecule has 1 aromatic rings. The average molecular weight is 442 g/mol. The molecule has 0 heterocycles. The fraction of sp³-hybridized carbons (Fsp3) is 0.696. The SMILES string of the molecule is CCCCCCCCCCCC[N+](C)(C)CCOc1ccccc1C=O.[Br-]. The van der Waals surface area contributed by atoms with Crippen molar-refractivity contribution < 1.29 is 31.0 Å². The monoisotopic (exact) mass is 441 g/mol. The fourth-order valence-electron chi connectivity index (χ4n) is 3.25. The summed E-state index contributed by atoms with van der Waals surface area (Å²) in [7, 11) is 4.53. The third-order valence-corrected chi connectivity index (χ3v) is 5.12. The Balaban J connectivity index is 0.00000676. The summed E-state index contributed by atoms with van der Waals surface area (Å²) in [6, 6.07) is 7.44. The van der Waals surface area contributed by atoms with E-state index in [4.69, 9.17) is 4.74 Å². The molecule has 0 N–H and O–H groups in total. The van der Waals surface area contributed by atoms with Gasteiger partial charge in [0, 0.05) is 0 Å². The number of para-hydroxylation sites is 1. The summed E-state index contributed by atoms with van der Waals surface area (Å²) < 4.78 is 6.79. The van der Waals surface area contributed by atoms with Crippen LogP contribution in [0, 0.1) is 0 Å². The number of carbonyl (C=O) groups excluding carboxylic acids is 1. The molecule has 3 nitrogen and oxygen atoms in total. The molecule has 0 saturated heterocycles. The van der Waals surface area contributed by atoms with Crippen molar-refractivity contribution in [2.24, 2.45) is 0 Å². The van der Waals surface area contributed by atoms with Crippen molar-refractivity contribution in [3.63, 3.8) is 0 Å². The summed E-state index contributed by atoms with van der Waals surface area (Å²) in [5, 5.41) is 0. The van der Waals surface area contributed by atoms with Crippen molar-refractivity contribution in [1.29, 1.82) is 0 Å². The first-order valence-corrected chi connectivity index (χ1v) is 10.6. The molecule has 0 atom stereocenters. The molecule has 0 fully saturated rings. The second kappa shape index (κ2) is 16.1. The third-order valence-electron chi connectivity index (χ3n) is 5.12. The molecule has 156 valence electrons. The molecule has 0 amide bonds. The van der Waals surface area contributed by atoms with Gasteiger partial charge in [0.1, 0.15) is 18.9 Å². The van der Waals surface area contributed by atoms with Crippen LogP contribution in [-0.2, 0) is 0 Å². The van der Waals surface area contributed by atoms with E-state index in [1.54, 1.807) is 6.07 Å². The normalized spacial score (nSPS) is 11.1. The van der Waals surface area contributed by atoms with E-state index in [0.717, 1.165) is 17.3 Å². The molecule has 0 aliphatic heterocycles. The lowest BCUT2D eigenvalue weighted by molar-refractivity contribution is -0.890. The van der Waals surface area contributed by atoms with Crippen LogP contribution in [0.5, 0.6) is 5.75 Å². The number of halogens is 1. The van der Waals surface area contributed by atoms with Gasteiger partial charge in [-0.2, -0.15) is 0 Å². The van der Waals surface area contributed by atoms with Crippen LogP contribution in [0.15, 0.2) is 24.3 Å². The van der Waals surface area contributed by atoms with Crippen LogP contribution in [-0.4, -0.2) is 44.6 Å². The molecule has 0 aromatic heterocycles. The molecular formula is C23H40BrNO2. The van der Waals surface area contributed by atoms with Crippen molar-refractivity contribution in [3.8, 4) is 5.75 Å². The summed E-state index contributed by atoms with van der Waals surface area (Å²) in [5.41, 5.74) is 0.632. The summed E-state index contributed by atoms with van der Waals surface area (Å²) in [5.74, 6) is 0.696. The molecule has 0 radical (unpaired) electrons. The Hall–Kier alpha value is -0.870. The highest BCUT2D eigenvalue weighted by Crippen LogP contribution is 2.16. The molecule has 27 heavy (non-hydrogen) atoms. The number of hydrogen-bond donors (Lipinski definition) is 0. The maximum absolute atomic E-state index is 11.0. The van der Waals surface area contributed by atoms with Gasteiger partial charge in [-0.05, 0) is 25.0 Å². The molecule has 4 heteroatoms. The molecule has 0 unspecified atom stereocenters. The number of rotatable bonds is 16. The van der Waals surface area contributed by atoms with E-state index < -0.39 is 0 Å². The summed E-state index contributed by atoms with van der Waals surface area (Å²) >= 11 is 0. The van der Waals surface area contributed by atoms with Crippen LogP contribution < -0.4 is 21.7 Å². The first-order valence-electron chi connectivity index (χ1n) is 10.6. The predicted octanol–water partition coefficient (Wildman–Crippen LogP) is 2.88. The number of carbonyl (C=O) groups is 1. The van der Waals surface area contributed by atoms with E-state index in [2.05, 4.69) is 21.0 Å². The molecule has 1 rings (SSSR count). The third kappa shape index (κ3) is 13.0. The average Bonchev–Trinajstić information content (AvgIpc) is 2.63. The minimum atomic E-state index is 0. The number of aldehydes is 1. The van der Waals surface area contributed by atoms with Crippen molar-refractivity contribution in [1.82, 2.24) is 0 Å². The number of hydrogen-bond acceptors (Lipinski definition) is 2. The highest BCUT2D eigenvalue weighted by atomic mass is 79.9. The second-order valence-corrected chi connectivity index (χ2v) is 8.07. The van der Waals surface area contributed by atoms with Gasteiger partial charge in [0.05, 0.1) is 26.2 Å². The van der Waals surface area contributed by atoms with Gasteiger partial charge in [-0.25, -0.2) is 0 Å². The fourth-order valence-corrected chi connectivity index (χ4v) is 3.25. The van der Waals surface area contributed by atoms with E-state index in [0.29, 0.717) is 17.9 Å². The largest absolute Gasteiger partial charge is 1.00 e. The van der Waals surface area contributed by atoms with Gasteiger partial charge in [0.2, 0.25) is 0 Å². The number of benzene rings is 1. The van der Waals surface area contributed by atoms with E-state index in [9.17, 15) is 4.79 Å². The van der Waals surface area contributed by atoms with Crippen molar-refractivity contribution >= 4 is 6.29 Å². The second-order valence-electron chi connectivity index (χ2n) is 8.07. The van der Waals surface area contributed by atoms with Gasteiger partial charge in [0.25, 0.3) is 0 Å². The molecule has 0 aliphatic carbocycles.